The van der Waals surface area contributed by atoms with Gasteiger partial charge in [0.2, 0.25) is 0 Å². The van der Waals surface area contributed by atoms with Gasteiger partial charge in [0.25, 0.3) is 0 Å². The number of hydrogen-bond acceptors (Lipinski definition) is 2. The Labute approximate surface area is 111 Å². The van der Waals surface area contributed by atoms with Crippen LogP contribution < -0.4 is 25.9 Å². The van der Waals surface area contributed by atoms with E-state index in [-0.39, 0.29) is 3.79 Å². The summed E-state index contributed by atoms with van der Waals surface area (Å²) in [5, 5.41) is 0. The van der Waals surface area contributed by atoms with Gasteiger partial charge in [-0.3, -0.25) is 0 Å². The Bertz CT molecular complexity index is 491. The maximum absolute atomic E-state index is 12.0. The molecule has 0 fully saturated rings. The first-order valence-corrected chi connectivity index (χ1v) is 7.33. The fourth-order valence-electron chi connectivity index (χ4n) is 1.35. The van der Waals surface area contributed by atoms with Crippen LogP contribution in [0, 0.1) is 3.57 Å². The maximum atomic E-state index is 12.0. The second kappa shape index (κ2) is 5.82. The second-order valence-electron chi connectivity index (χ2n) is 3.39. The van der Waals surface area contributed by atoms with E-state index in [9.17, 15) is 4.79 Å². The molecule has 0 unspecified atom stereocenters. The molecular formula is C14H12IO2+. The van der Waals surface area contributed by atoms with Crippen molar-refractivity contribution in [1.82, 2.24) is 0 Å². The van der Waals surface area contributed by atoms with Crippen LogP contribution in [0.4, 0.5) is 0 Å². The number of hydrogen-bond donors (Lipinski definition) is 0. The van der Waals surface area contributed by atoms with Crippen molar-refractivity contribution in [2.24, 2.45) is 0 Å². The lowest BCUT2D eigenvalue weighted by atomic mass is 10.2. The zero-order chi connectivity index (χ0) is 12.1. The zero-order valence-corrected chi connectivity index (χ0v) is 11.5. The minimum Gasteiger partial charge on any atom is -0.497 e. The van der Waals surface area contributed by atoms with Gasteiger partial charge in [0.15, 0.2) is 3.57 Å². The van der Waals surface area contributed by atoms with E-state index in [1.165, 1.54) is 0 Å². The van der Waals surface area contributed by atoms with Crippen molar-refractivity contribution in [2.45, 2.75) is 0 Å². The first-order valence-electron chi connectivity index (χ1n) is 5.18. The van der Waals surface area contributed by atoms with Crippen LogP contribution in [0.5, 0.6) is 5.75 Å². The third-order valence-corrected chi connectivity index (χ3v) is 4.70. The molecule has 0 radical (unpaired) electrons. The molecule has 0 heterocycles. The van der Waals surface area contributed by atoms with Gasteiger partial charge in [-0.25, -0.2) is 4.79 Å². The van der Waals surface area contributed by atoms with Crippen molar-refractivity contribution >= 4 is 3.79 Å². The summed E-state index contributed by atoms with van der Waals surface area (Å²) in [4.78, 5) is 12.0. The Morgan fingerprint density at radius 3 is 2.24 bits per heavy atom. The summed E-state index contributed by atoms with van der Waals surface area (Å²) in [7, 11) is 1.62. The van der Waals surface area contributed by atoms with Gasteiger partial charge in [-0.2, -0.15) is 0 Å². The molecule has 0 atom stereocenters. The van der Waals surface area contributed by atoms with E-state index in [2.05, 4.69) is 0 Å². The van der Waals surface area contributed by atoms with Gasteiger partial charge in [0.1, 0.15) is 5.75 Å². The molecule has 0 aromatic heterocycles. The second-order valence-corrected chi connectivity index (χ2v) is 6.16. The summed E-state index contributed by atoms with van der Waals surface area (Å²) < 4.78 is 6.44. The molecule has 2 rings (SSSR count). The van der Waals surface area contributed by atoms with E-state index in [0.717, 1.165) is 14.9 Å². The smallest absolute Gasteiger partial charge is 0.405 e. The van der Waals surface area contributed by atoms with Gasteiger partial charge in [0.05, 0.1) is 12.7 Å². The Kier molecular flexibility index (Phi) is 4.14. The number of carbonyl (C=O) groups is 1. The minimum absolute atomic E-state index is 0.234. The topological polar surface area (TPSA) is 26.3 Å². The van der Waals surface area contributed by atoms with Crippen molar-refractivity contribution in [3.63, 3.8) is 0 Å². The molecule has 17 heavy (non-hydrogen) atoms. The highest BCUT2D eigenvalue weighted by molar-refractivity contribution is 5.86. The highest BCUT2D eigenvalue weighted by Gasteiger charge is 2.24. The normalized spacial score (nSPS) is 9.94. The predicted molar refractivity (Wildman–Crippen MR) is 62.5 cm³/mol. The highest BCUT2D eigenvalue weighted by Crippen LogP contribution is 2.09. The van der Waals surface area contributed by atoms with Crippen molar-refractivity contribution in [3.8, 4) is 5.75 Å². The number of rotatable bonds is 4. The van der Waals surface area contributed by atoms with E-state index >= 15 is 0 Å². The van der Waals surface area contributed by atoms with E-state index < -0.39 is 21.2 Å². The minimum atomic E-state index is -0.609. The molecule has 0 amide bonds. The summed E-state index contributed by atoms with van der Waals surface area (Å²) in [6, 6.07) is 17.2. The third-order valence-electron chi connectivity index (χ3n) is 2.25. The van der Waals surface area contributed by atoms with Gasteiger partial charge < -0.3 is 4.74 Å². The van der Waals surface area contributed by atoms with E-state index in [4.69, 9.17) is 4.74 Å². The standard InChI is InChI=1S/C14H12IO2/c1-17-13-9-7-11(8-10-13)14(16)15-12-5-3-2-4-6-12/h2-10H,1H3/q+1. The van der Waals surface area contributed by atoms with Crippen molar-refractivity contribution < 1.29 is 30.7 Å². The summed E-state index contributed by atoms with van der Waals surface area (Å²) in [6.07, 6.45) is 0. The van der Waals surface area contributed by atoms with Crippen LogP contribution in [-0.2, 0) is 0 Å². The van der Waals surface area contributed by atoms with Crippen molar-refractivity contribution in [3.05, 3.63) is 63.7 Å². The molecule has 2 aromatic carbocycles. The molecule has 0 aliphatic carbocycles. The molecule has 2 aromatic rings. The molecule has 0 N–H and O–H groups in total. The van der Waals surface area contributed by atoms with E-state index in [1.807, 2.05) is 54.6 Å². The number of halogens is 1. The van der Waals surface area contributed by atoms with Crippen molar-refractivity contribution in [2.75, 3.05) is 7.11 Å². The highest BCUT2D eigenvalue weighted by atomic mass is 127. The number of ether oxygens (including phenoxy) is 1. The van der Waals surface area contributed by atoms with Crippen LogP contribution in [0.25, 0.3) is 0 Å². The largest absolute Gasteiger partial charge is 0.497 e. The fraction of sp³-hybridized carbons (Fsp3) is 0.0714. The van der Waals surface area contributed by atoms with Crippen LogP contribution in [0.3, 0.4) is 0 Å². The van der Waals surface area contributed by atoms with Gasteiger partial charge in [-0.1, -0.05) is 18.2 Å². The van der Waals surface area contributed by atoms with Crippen LogP contribution in [0.2, 0.25) is 0 Å². The maximum Gasteiger partial charge on any atom is 0.405 e. The van der Waals surface area contributed by atoms with Gasteiger partial charge in [-0.05, 0) is 36.4 Å². The molecule has 0 bridgehead atoms. The lowest BCUT2D eigenvalue weighted by molar-refractivity contribution is -0.523. The summed E-state index contributed by atoms with van der Waals surface area (Å²) in [5.41, 5.74) is 0.766. The zero-order valence-electron chi connectivity index (χ0n) is 9.39. The Morgan fingerprint density at radius 2 is 1.65 bits per heavy atom. The van der Waals surface area contributed by atoms with Crippen molar-refractivity contribution in [1.29, 1.82) is 0 Å². The third kappa shape index (κ3) is 3.30. The van der Waals surface area contributed by atoms with Gasteiger partial charge >= 0.3 is 25.0 Å². The summed E-state index contributed by atoms with van der Waals surface area (Å²) >= 11 is -0.609. The van der Waals surface area contributed by atoms with E-state index in [1.54, 1.807) is 7.11 Å². The van der Waals surface area contributed by atoms with E-state index in [0.29, 0.717) is 0 Å². The molecule has 86 valence electrons. The van der Waals surface area contributed by atoms with Crippen LogP contribution >= 0.6 is 0 Å². The molecular weight excluding hydrogens is 327 g/mol. The molecule has 2 nitrogen and oxygen atoms in total. The van der Waals surface area contributed by atoms with Gasteiger partial charge in [-0.15, -0.1) is 0 Å². The van der Waals surface area contributed by atoms with Crippen LogP contribution in [0.1, 0.15) is 10.4 Å². The summed E-state index contributed by atoms with van der Waals surface area (Å²) in [5.74, 6) is 0.777. The first-order chi connectivity index (χ1) is 8.29. The molecule has 0 saturated carbocycles. The van der Waals surface area contributed by atoms with Crippen LogP contribution in [-0.4, -0.2) is 10.9 Å². The average molecular weight is 339 g/mol. The molecule has 0 spiro atoms. The fourth-order valence-corrected chi connectivity index (χ4v) is 3.36. The Hall–Kier alpha value is -1.36. The SMILES string of the molecule is COc1ccc(C(=O)[I+]c2ccccc2)cc1. The molecule has 0 aliphatic rings. The monoisotopic (exact) mass is 339 g/mol. The molecule has 3 heteroatoms. The first kappa shape index (κ1) is 12.1. The Balaban J connectivity index is 2.09. The Morgan fingerprint density at radius 1 is 1.00 bits per heavy atom. The summed E-state index contributed by atoms with van der Waals surface area (Å²) in [6.45, 7) is 0. The number of carbonyl (C=O) groups excluding carboxylic acids is 1. The van der Waals surface area contributed by atoms with Crippen LogP contribution in [0.15, 0.2) is 54.6 Å². The van der Waals surface area contributed by atoms with Gasteiger partial charge in [0, 0.05) is 0 Å². The average Bonchev–Trinajstić information content (AvgIpc) is 2.40. The number of methoxy groups -OCH3 is 1. The molecule has 0 saturated heterocycles. The predicted octanol–water partition coefficient (Wildman–Crippen LogP) is -0.206. The number of benzene rings is 2. The lowest BCUT2D eigenvalue weighted by Crippen LogP contribution is -3.64. The molecule has 0 aliphatic heterocycles. The quantitative estimate of drug-likeness (QED) is 0.570. The lowest BCUT2D eigenvalue weighted by Gasteiger charge is -1.97.